The predicted molar refractivity (Wildman–Crippen MR) is 123 cm³/mol. The van der Waals surface area contributed by atoms with Crippen molar-refractivity contribution in [3.63, 3.8) is 0 Å². The standard InChI is InChI=1S/C26H21N3O2/c30-25(28-16-17-6-2-1-3-7-17)19-10-11-24-21(15-19)22(26(31)29-24)14-18-12-13-27-23-9-5-4-8-20(18)23/h1-15,26,29,31H,16H2,(H,28,30). The summed E-state index contributed by atoms with van der Waals surface area (Å²) in [6.07, 6.45) is 2.88. The van der Waals surface area contributed by atoms with Gasteiger partial charge in [-0.1, -0.05) is 48.5 Å². The first-order valence-corrected chi connectivity index (χ1v) is 10.2. The van der Waals surface area contributed by atoms with Gasteiger partial charge in [0.15, 0.2) is 6.23 Å². The number of nitrogens with zero attached hydrogens (tertiary/aromatic N) is 1. The third-order valence-electron chi connectivity index (χ3n) is 5.47. The van der Waals surface area contributed by atoms with Crippen molar-refractivity contribution in [3.05, 3.63) is 107 Å². The Labute approximate surface area is 180 Å². The van der Waals surface area contributed by atoms with Gasteiger partial charge in [0, 0.05) is 40.5 Å². The molecule has 1 aliphatic heterocycles. The Kier molecular flexibility index (Phi) is 4.94. The first-order chi connectivity index (χ1) is 15.2. The molecule has 0 spiro atoms. The van der Waals surface area contributed by atoms with Crippen molar-refractivity contribution < 1.29 is 9.90 Å². The number of para-hydroxylation sites is 1. The summed E-state index contributed by atoms with van der Waals surface area (Å²) in [4.78, 5) is 17.1. The largest absolute Gasteiger partial charge is 0.369 e. The maximum atomic E-state index is 12.7. The Bertz CT molecular complexity index is 1290. The molecule has 152 valence electrons. The first kappa shape index (κ1) is 19.0. The van der Waals surface area contributed by atoms with Crippen LogP contribution >= 0.6 is 0 Å². The summed E-state index contributed by atoms with van der Waals surface area (Å²) >= 11 is 0. The number of aliphatic hydroxyl groups is 1. The van der Waals surface area contributed by atoms with Gasteiger partial charge in [0.25, 0.3) is 5.91 Å². The summed E-state index contributed by atoms with van der Waals surface area (Å²) in [6.45, 7) is 0.462. The first-order valence-electron chi connectivity index (χ1n) is 10.2. The van der Waals surface area contributed by atoms with E-state index in [1.54, 1.807) is 12.3 Å². The van der Waals surface area contributed by atoms with Crippen molar-refractivity contribution >= 4 is 34.1 Å². The molecule has 3 N–H and O–H groups in total. The molecule has 0 saturated heterocycles. The molecule has 5 nitrogen and oxygen atoms in total. The average Bonchev–Trinajstić information content (AvgIpc) is 3.12. The van der Waals surface area contributed by atoms with Crippen molar-refractivity contribution in [1.29, 1.82) is 0 Å². The summed E-state index contributed by atoms with van der Waals surface area (Å²) in [5.41, 5.74) is 5.80. The Morgan fingerprint density at radius 2 is 1.84 bits per heavy atom. The molecule has 1 aromatic heterocycles. The monoisotopic (exact) mass is 407 g/mol. The molecule has 4 aromatic rings. The average molecular weight is 407 g/mol. The molecule has 5 heteroatoms. The van der Waals surface area contributed by atoms with Crippen LogP contribution in [0, 0.1) is 0 Å². The second kappa shape index (κ2) is 8.05. The van der Waals surface area contributed by atoms with E-state index in [1.165, 1.54) is 0 Å². The normalized spacial score (nSPS) is 16.2. The summed E-state index contributed by atoms with van der Waals surface area (Å²) < 4.78 is 0. The predicted octanol–water partition coefficient (Wildman–Crippen LogP) is 4.45. The van der Waals surface area contributed by atoms with E-state index in [9.17, 15) is 9.90 Å². The van der Waals surface area contributed by atoms with Crippen LogP contribution < -0.4 is 10.6 Å². The number of rotatable bonds is 4. The highest BCUT2D eigenvalue weighted by Crippen LogP contribution is 2.37. The molecule has 5 rings (SSSR count). The van der Waals surface area contributed by atoms with Crippen LogP contribution in [-0.4, -0.2) is 22.2 Å². The molecular weight excluding hydrogens is 386 g/mol. The van der Waals surface area contributed by atoms with Gasteiger partial charge in [-0.2, -0.15) is 0 Å². The van der Waals surface area contributed by atoms with Crippen molar-refractivity contribution in [3.8, 4) is 0 Å². The van der Waals surface area contributed by atoms with Gasteiger partial charge in [0.2, 0.25) is 0 Å². The lowest BCUT2D eigenvalue weighted by Gasteiger charge is -2.08. The SMILES string of the molecule is O=C(NCc1ccccc1)c1ccc2c(c1)C(=Cc1ccnc3ccccc13)C(O)N2. The Morgan fingerprint density at radius 3 is 2.71 bits per heavy atom. The highest BCUT2D eigenvalue weighted by molar-refractivity contribution is 6.02. The summed E-state index contributed by atoms with van der Waals surface area (Å²) in [7, 11) is 0. The molecule has 0 fully saturated rings. The molecule has 0 aliphatic carbocycles. The fourth-order valence-electron chi connectivity index (χ4n) is 3.87. The van der Waals surface area contributed by atoms with Crippen LogP contribution in [0.3, 0.4) is 0 Å². The number of aliphatic hydroxyl groups excluding tert-OH is 1. The summed E-state index contributed by atoms with van der Waals surface area (Å²) in [5, 5.41) is 17.7. The number of anilines is 1. The van der Waals surface area contributed by atoms with Gasteiger partial charge in [0.1, 0.15) is 0 Å². The van der Waals surface area contributed by atoms with E-state index in [1.807, 2.05) is 78.9 Å². The number of carbonyl (C=O) groups is 1. The lowest BCUT2D eigenvalue weighted by molar-refractivity contribution is 0.0951. The van der Waals surface area contributed by atoms with Gasteiger partial charge < -0.3 is 15.7 Å². The van der Waals surface area contributed by atoms with E-state index >= 15 is 0 Å². The number of carbonyl (C=O) groups excluding carboxylic acids is 1. The molecule has 31 heavy (non-hydrogen) atoms. The van der Waals surface area contributed by atoms with Gasteiger partial charge in [0.05, 0.1) is 5.52 Å². The number of hydrogen-bond donors (Lipinski definition) is 3. The smallest absolute Gasteiger partial charge is 0.251 e. The maximum Gasteiger partial charge on any atom is 0.251 e. The highest BCUT2D eigenvalue weighted by Gasteiger charge is 2.25. The zero-order valence-corrected chi connectivity index (χ0v) is 16.7. The van der Waals surface area contributed by atoms with E-state index < -0.39 is 6.23 Å². The number of benzene rings is 3. The summed E-state index contributed by atoms with van der Waals surface area (Å²) in [5.74, 6) is -0.151. The van der Waals surface area contributed by atoms with Gasteiger partial charge in [-0.3, -0.25) is 9.78 Å². The van der Waals surface area contributed by atoms with Crippen LogP contribution in [-0.2, 0) is 6.54 Å². The lowest BCUT2D eigenvalue weighted by Crippen LogP contribution is -2.22. The number of pyridine rings is 1. The zero-order chi connectivity index (χ0) is 21.2. The third-order valence-corrected chi connectivity index (χ3v) is 5.47. The van der Waals surface area contributed by atoms with Crippen LogP contribution in [0.5, 0.6) is 0 Å². The van der Waals surface area contributed by atoms with Crippen molar-refractivity contribution in [2.24, 2.45) is 0 Å². The van der Waals surface area contributed by atoms with Gasteiger partial charge >= 0.3 is 0 Å². The fraction of sp³-hybridized carbons (Fsp3) is 0.0769. The van der Waals surface area contributed by atoms with E-state index in [0.29, 0.717) is 12.1 Å². The number of aromatic nitrogens is 1. The molecular formula is C26H21N3O2. The van der Waals surface area contributed by atoms with Crippen LogP contribution in [0.2, 0.25) is 0 Å². The minimum atomic E-state index is -0.843. The maximum absolute atomic E-state index is 12.7. The Hall–Kier alpha value is -3.96. The van der Waals surface area contributed by atoms with Crippen LogP contribution in [0.1, 0.15) is 27.0 Å². The Balaban J connectivity index is 1.46. The molecule has 0 radical (unpaired) electrons. The third kappa shape index (κ3) is 3.79. The van der Waals surface area contributed by atoms with Crippen molar-refractivity contribution in [2.75, 3.05) is 5.32 Å². The number of fused-ring (bicyclic) bond motifs is 2. The lowest BCUT2D eigenvalue weighted by atomic mass is 9.99. The van der Waals surface area contributed by atoms with Crippen molar-refractivity contribution in [2.45, 2.75) is 12.8 Å². The second-order valence-electron chi connectivity index (χ2n) is 7.49. The van der Waals surface area contributed by atoms with Gasteiger partial charge in [-0.05, 0) is 47.5 Å². The Morgan fingerprint density at radius 1 is 1.03 bits per heavy atom. The quantitative estimate of drug-likeness (QED) is 0.467. The molecule has 1 aliphatic rings. The molecule has 3 aromatic carbocycles. The van der Waals surface area contributed by atoms with E-state index in [-0.39, 0.29) is 5.91 Å². The zero-order valence-electron chi connectivity index (χ0n) is 16.7. The minimum absolute atomic E-state index is 0.151. The van der Waals surface area contributed by atoms with Crippen LogP contribution in [0.15, 0.2) is 85.1 Å². The molecule has 2 heterocycles. The molecule has 1 atom stereocenters. The molecule has 0 bridgehead atoms. The van der Waals surface area contributed by atoms with Crippen molar-refractivity contribution in [1.82, 2.24) is 10.3 Å². The number of nitrogens with one attached hydrogen (secondary N) is 2. The number of amides is 1. The van der Waals surface area contributed by atoms with E-state index in [2.05, 4.69) is 15.6 Å². The molecule has 1 unspecified atom stereocenters. The minimum Gasteiger partial charge on any atom is -0.369 e. The topological polar surface area (TPSA) is 74.2 Å². The molecule has 0 saturated carbocycles. The second-order valence-corrected chi connectivity index (χ2v) is 7.49. The number of hydrogen-bond acceptors (Lipinski definition) is 4. The van der Waals surface area contributed by atoms with E-state index in [4.69, 9.17) is 0 Å². The summed E-state index contributed by atoms with van der Waals surface area (Å²) in [6, 6.07) is 25.0. The highest BCUT2D eigenvalue weighted by atomic mass is 16.3. The van der Waals surface area contributed by atoms with Gasteiger partial charge in [-0.15, -0.1) is 0 Å². The van der Waals surface area contributed by atoms with Crippen LogP contribution in [0.4, 0.5) is 5.69 Å². The van der Waals surface area contributed by atoms with E-state index in [0.717, 1.165) is 38.9 Å². The van der Waals surface area contributed by atoms with Crippen LogP contribution in [0.25, 0.3) is 22.6 Å². The fourth-order valence-corrected chi connectivity index (χ4v) is 3.87. The van der Waals surface area contributed by atoms with Gasteiger partial charge in [-0.25, -0.2) is 0 Å². The molecule has 1 amide bonds.